The minimum absolute atomic E-state index is 0.0749. The third-order valence-corrected chi connectivity index (χ3v) is 2.95. The fourth-order valence-electron chi connectivity index (χ4n) is 1.86. The Balaban J connectivity index is 2.13. The number of aromatic amines is 1. The molecule has 2 aromatic rings. The van der Waals surface area contributed by atoms with Gasteiger partial charge in [-0.1, -0.05) is 17.7 Å². The zero-order valence-corrected chi connectivity index (χ0v) is 11.0. The van der Waals surface area contributed by atoms with Crippen molar-refractivity contribution in [3.8, 4) is 0 Å². The highest BCUT2D eigenvalue weighted by atomic mass is 35.5. The summed E-state index contributed by atoms with van der Waals surface area (Å²) in [7, 11) is 0. The third-order valence-electron chi connectivity index (χ3n) is 2.64. The van der Waals surface area contributed by atoms with Crippen molar-refractivity contribution in [1.29, 1.82) is 0 Å². The van der Waals surface area contributed by atoms with Crippen LogP contribution in [0.4, 0.5) is 0 Å². The van der Waals surface area contributed by atoms with E-state index in [4.69, 9.17) is 28.8 Å². The van der Waals surface area contributed by atoms with E-state index in [1.165, 1.54) is 0 Å². The lowest BCUT2D eigenvalue weighted by molar-refractivity contribution is 0.969. The quantitative estimate of drug-likeness (QED) is 0.494. The molecule has 0 saturated carbocycles. The Morgan fingerprint density at radius 2 is 2.05 bits per heavy atom. The Hall–Kier alpha value is -2.21. The maximum atomic E-state index is 6.18. The first kappa shape index (κ1) is 13.2. The molecule has 0 aliphatic carbocycles. The number of halogens is 1. The zero-order valence-electron chi connectivity index (χ0n) is 10.2. The van der Waals surface area contributed by atoms with E-state index in [2.05, 4.69) is 15.0 Å². The van der Waals surface area contributed by atoms with E-state index in [9.17, 15) is 0 Å². The van der Waals surface area contributed by atoms with Gasteiger partial charge in [0.05, 0.1) is 5.02 Å². The maximum Gasteiger partial charge on any atom is 0.218 e. The van der Waals surface area contributed by atoms with E-state index in [1.807, 2.05) is 24.4 Å². The second kappa shape index (κ2) is 5.62. The predicted octanol–water partition coefficient (Wildman–Crippen LogP) is 0.952. The van der Waals surface area contributed by atoms with Crippen LogP contribution in [0, 0.1) is 0 Å². The summed E-state index contributed by atoms with van der Waals surface area (Å²) in [6, 6.07) is 5.74. The van der Waals surface area contributed by atoms with Gasteiger partial charge >= 0.3 is 0 Å². The van der Waals surface area contributed by atoms with Crippen LogP contribution in [0.5, 0.6) is 0 Å². The van der Waals surface area contributed by atoms with Crippen molar-refractivity contribution in [2.75, 3.05) is 6.54 Å². The lowest BCUT2D eigenvalue weighted by Gasteiger charge is -1.99. The van der Waals surface area contributed by atoms with Crippen LogP contribution in [-0.2, 0) is 6.42 Å². The maximum absolute atomic E-state index is 6.18. The zero-order chi connectivity index (χ0) is 13.8. The molecule has 7 heteroatoms. The molecule has 100 valence electrons. The lowest BCUT2D eigenvalue weighted by atomic mass is 10.1. The number of aliphatic imine (C=N–C) groups is 2. The number of guanidine groups is 2. The van der Waals surface area contributed by atoms with E-state index >= 15 is 0 Å². The minimum Gasteiger partial charge on any atom is -0.370 e. The summed E-state index contributed by atoms with van der Waals surface area (Å²) >= 11 is 6.18. The summed E-state index contributed by atoms with van der Waals surface area (Å²) in [6.07, 6.45) is 2.62. The highest BCUT2D eigenvalue weighted by molar-refractivity contribution is 6.35. The number of rotatable bonds is 3. The molecule has 0 aliphatic heterocycles. The van der Waals surface area contributed by atoms with Crippen molar-refractivity contribution >= 4 is 34.4 Å². The molecule has 0 aliphatic rings. The first-order valence-electron chi connectivity index (χ1n) is 5.72. The van der Waals surface area contributed by atoms with Gasteiger partial charge in [0, 0.05) is 23.6 Å². The van der Waals surface area contributed by atoms with Crippen molar-refractivity contribution in [3.05, 3.63) is 35.0 Å². The molecule has 0 spiro atoms. The number of hydrogen-bond acceptors (Lipinski definition) is 1. The first-order valence-corrected chi connectivity index (χ1v) is 6.09. The SMILES string of the molecule is NC(N)=NC(N)=NCCc1c[nH]c2cccc(Cl)c12. The second-order valence-corrected chi connectivity index (χ2v) is 4.41. The number of nitrogens with two attached hydrogens (primary N) is 3. The van der Waals surface area contributed by atoms with Crippen LogP contribution in [0.25, 0.3) is 10.9 Å². The molecule has 0 bridgehead atoms. The number of H-pyrrole nitrogens is 1. The Morgan fingerprint density at radius 3 is 2.79 bits per heavy atom. The van der Waals surface area contributed by atoms with Gasteiger partial charge in [-0.15, -0.1) is 0 Å². The van der Waals surface area contributed by atoms with E-state index in [0.29, 0.717) is 13.0 Å². The summed E-state index contributed by atoms with van der Waals surface area (Å²) in [6.45, 7) is 0.487. The van der Waals surface area contributed by atoms with Crippen LogP contribution in [0.15, 0.2) is 34.4 Å². The Kier molecular flexibility index (Phi) is 3.91. The van der Waals surface area contributed by atoms with Crippen LogP contribution in [-0.4, -0.2) is 23.4 Å². The van der Waals surface area contributed by atoms with Gasteiger partial charge in [-0.2, -0.15) is 4.99 Å². The van der Waals surface area contributed by atoms with Crippen LogP contribution in [0.3, 0.4) is 0 Å². The molecule has 0 amide bonds. The minimum atomic E-state index is -0.101. The van der Waals surface area contributed by atoms with Gasteiger partial charge in [-0.05, 0) is 24.1 Å². The monoisotopic (exact) mass is 278 g/mol. The average molecular weight is 279 g/mol. The number of nitrogens with one attached hydrogen (secondary N) is 1. The highest BCUT2D eigenvalue weighted by Gasteiger charge is 2.06. The second-order valence-electron chi connectivity index (χ2n) is 4.00. The molecule has 1 aromatic heterocycles. The fraction of sp³-hybridized carbons (Fsp3) is 0.167. The van der Waals surface area contributed by atoms with Crippen molar-refractivity contribution in [3.63, 3.8) is 0 Å². The predicted molar refractivity (Wildman–Crippen MR) is 79.3 cm³/mol. The average Bonchev–Trinajstić information content (AvgIpc) is 2.73. The van der Waals surface area contributed by atoms with Gasteiger partial charge < -0.3 is 22.2 Å². The number of nitrogens with zero attached hydrogens (tertiary/aromatic N) is 2. The summed E-state index contributed by atoms with van der Waals surface area (Å²) in [5.74, 6) is -0.0256. The van der Waals surface area contributed by atoms with Gasteiger partial charge in [0.15, 0.2) is 5.96 Å². The Morgan fingerprint density at radius 1 is 1.26 bits per heavy atom. The van der Waals surface area contributed by atoms with Crippen molar-refractivity contribution in [1.82, 2.24) is 4.98 Å². The fourth-order valence-corrected chi connectivity index (χ4v) is 2.16. The topological polar surface area (TPSA) is 119 Å². The van der Waals surface area contributed by atoms with E-state index in [0.717, 1.165) is 21.5 Å². The van der Waals surface area contributed by atoms with E-state index in [1.54, 1.807) is 0 Å². The first-order chi connectivity index (χ1) is 9.08. The Labute approximate surface area is 115 Å². The van der Waals surface area contributed by atoms with Crippen molar-refractivity contribution in [2.24, 2.45) is 27.2 Å². The van der Waals surface area contributed by atoms with Crippen molar-refractivity contribution < 1.29 is 0 Å². The van der Waals surface area contributed by atoms with Crippen LogP contribution < -0.4 is 17.2 Å². The molecule has 2 rings (SSSR count). The number of aromatic nitrogens is 1. The normalized spacial score (nSPS) is 11.7. The van der Waals surface area contributed by atoms with E-state index in [-0.39, 0.29) is 11.9 Å². The molecule has 1 aromatic carbocycles. The van der Waals surface area contributed by atoms with Gasteiger partial charge in [-0.25, -0.2) is 0 Å². The molecule has 19 heavy (non-hydrogen) atoms. The molecule has 0 unspecified atom stereocenters. The van der Waals surface area contributed by atoms with Gasteiger partial charge in [-0.3, -0.25) is 4.99 Å². The molecule has 1 heterocycles. The Bertz CT molecular complexity index is 639. The lowest BCUT2D eigenvalue weighted by Crippen LogP contribution is -2.26. The van der Waals surface area contributed by atoms with Crippen molar-refractivity contribution in [2.45, 2.75) is 6.42 Å². The molecule has 7 N–H and O–H groups in total. The number of hydrogen-bond donors (Lipinski definition) is 4. The molecule has 0 atom stereocenters. The van der Waals surface area contributed by atoms with E-state index < -0.39 is 0 Å². The summed E-state index contributed by atoms with van der Waals surface area (Å²) in [5.41, 5.74) is 18.0. The van der Waals surface area contributed by atoms with Gasteiger partial charge in [0.2, 0.25) is 5.96 Å². The van der Waals surface area contributed by atoms with Crippen LogP contribution >= 0.6 is 11.6 Å². The molecule has 0 radical (unpaired) electrons. The number of benzene rings is 1. The largest absolute Gasteiger partial charge is 0.370 e. The summed E-state index contributed by atoms with van der Waals surface area (Å²) in [5, 5.41) is 1.73. The highest BCUT2D eigenvalue weighted by Crippen LogP contribution is 2.26. The summed E-state index contributed by atoms with van der Waals surface area (Å²) in [4.78, 5) is 10.9. The van der Waals surface area contributed by atoms with Crippen LogP contribution in [0.1, 0.15) is 5.56 Å². The number of fused-ring (bicyclic) bond motifs is 1. The van der Waals surface area contributed by atoms with Gasteiger partial charge in [0.25, 0.3) is 0 Å². The molecular formula is C12H15ClN6. The molecular weight excluding hydrogens is 264 g/mol. The van der Waals surface area contributed by atoms with Gasteiger partial charge in [0.1, 0.15) is 0 Å². The molecule has 0 saturated heterocycles. The molecule has 6 nitrogen and oxygen atoms in total. The van der Waals surface area contributed by atoms with Crippen LogP contribution in [0.2, 0.25) is 5.02 Å². The third kappa shape index (κ3) is 3.17. The molecule has 0 fully saturated rings. The smallest absolute Gasteiger partial charge is 0.218 e. The summed E-state index contributed by atoms with van der Waals surface area (Å²) < 4.78 is 0. The standard InChI is InChI=1S/C12H15ClN6/c13-8-2-1-3-9-10(8)7(6-18-9)4-5-17-12(16)19-11(14)15/h1-3,6,18H,4-5H2,(H6,14,15,16,17,19).